The van der Waals surface area contributed by atoms with Gasteiger partial charge in [0.15, 0.2) is 11.6 Å². The number of benzene rings is 1. The van der Waals surface area contributed by atoms with Gasteiger partial charge in [0.05, 0.1) is 6.61 Å². The van der Waals surface area contributed by atoms with Gasteiger partial charge in [-0.25, -0.2) is 4.39 Å². The van der Waals surface area contributed by atoms with Crippen LogP contribution in [0.5, 0.6) is 5.75 Å². The van der Waals surface area contributed by atoms with Crippen LogP contribution in [0.15, 0.2) is 12.1 Å². The van der Waals surface area contributed by atoms with E-state index in [1.54, 1.807) is 19.2 Å². The highest BCUT2D eigenvalue weighted by Crippen LogP contribution is 2.45. The first-order valence-corrected chi connectivity index (χ1v) is 14.2. The largest absolute Gasteiger partial charge is 0.490 e. The summed E-state index contributed by atoms with van der Waals surface area (Å²) < 4.78 is 40.2. The Balaban J connectivity index is 1.40. The fourth-order valence-corrected chi connectivity index (χ4v) is 6.39. The smallest absolute Gasteiger partial charge is 0.200 e. The van der Waals surface area contributed by atoms with E-state index in [0.29, 0.717) is 12.2 Å². The molecular formula is C30H48F2O2. The second-order valence-corrected chi connectivity index (χ2v) is 10.9. The maximum atomic E-state index is 14.9. The molecule has 1 aromatic rings. The Morgan fingerprint density at radius 2 is 1.38 bits per heavy atom. The average molecular weight is 479 g/mol. The van der Waals surface area contributed by atoms with Crippen molar-refractivity contribution in [1.29, 1.82) is 0 Å². The Kier molecular flexibility index (Phi) is 12.2. The number of halogens is 2. The van der Waals surface area contributed by atoms with Crippen LogP contribution >= 0.6 is 0 Å². The SMILES string of the molecule is CCCCCC1CCC(C2CCC(c3ccc(OCCCCCCOC)c(F)c3F)CC2)CC1. The highest BCUT2D eigenvalue weighted by molar-refractivity contribution is 5.33. The van der Waals surface area contributed by atoms with Crippen molar-refractivity contribution in [2.24, 2.45) is 17.8 Å². The molecule has 3 rings (SSSR count). The summed E-state index contributed by atoms with van der Waals surface area (Å²) in [5, 5.41) is 0. The lowest BCUT2D eigenvalue weighted by molar-refractivity contribution is 0.155. The molecule has 0 aromatic heterocycles. The maximum Gasteiger partial charge on any atom is 0.200 e. The second-order valence-electron chi connectivity index (χ2n) is 10.9. The van der Waals surface area contributed by atoms with Crippen molar-refractivity contribution in [2.45, 2.75) is 116 Å². The van der Waals surface area contributed by atoms with Crippen molar-refractivity contribution in [3.05, 3.63) is 29.3 Å². The van der Waals surface area contributed by atoms with Gasteiger partial charge in [0.1, 0.15) is 0 Å². The lowest BCUT2D eigenvalue weighted by Crippen LogP contribution is -2.25. The van der Waals surface area contributed by atoms with Crippen LogP contribution in [-0.4, -0.2) is 20.3 Å². The monoisotopic (exact) mass is 478 g/mol. The van der Waals surface area contributed by atoms with Gasteiger partial charge < -0.3 is 9.47 Å². The minimum Gasteiger partial charge on any atom is -0.490 e. The van der Waals surface area contributed by atoms with E-state index in [9.17, 15) is 8.78 Å². The molecule has 2 fully saturated rings. The first kappa shape index (κ1) is 27.4. The molecule has 0 spiro atoms. The Labute approximate surface area is 207 Å². The molecule has 34 heavy (non-hydrogen) atoms. The predicted octanol–water partition coefficient (Wildman–Crippen LogP) is 9.21. The second kappa shape index (κ2) is 15.1. The molecule has 0 aliphatic heterocycles. The van der Waals surface area contributed by atoms with Crippen LogP contribution in [0.25, 0.3) is 0 Å². The standard InChI is InChI=1S/C30H48F2O2/c1-3-4-7-10-23-11-13-24(14-12-23)25-15-17-26(18-16-25)27-19-20-28(30(32)29(27)31)34-22-9-6-5-8-21-33-2/h19-20,23-26H,3-18,21-22H2,1-2H3. The van der Waals surface area contributed by atoms with E-state index in [4.69, 9.17) is 9.47 Å². The van der Waals surface area contributed by atoms with E-state index < -0.39 is 11.6 Å². The minimum absolute atomic E-state index is 0.0579. The van der Waals surface area contributed by atoms with Crippen LogP contribution in [0.1, 0.15) is 121 Å². The summed E-state index contributed by atoms with van der Waals surface area (Å²) in [5.74, 6) is 1.30. The van der Waals surface area contributed by atoms with Crippen LogP contribution < -0.4 is 4.74 Å². The zero-order valence-electron chi connectivity index (χ0n) is 21.8. The van der Waals surface area contributed by atoms with E-state index in [1.165, 1.54) is 51.4 Å². The summed E-state index contributed by atoms with van der Waals surface area (Å²) in [6, 6.07) is 3.42. The average Bonchev–Trinajstić information content (AvgIpc) is 2.87. The van der Waals surface area contributed by atoms with Crippen molar-refractivity contribution in [1.82, 2.24) is 0 Å². The van der Waals surface area contributed by atoms with E-state index in [1.807, 2.05) is 0 Å². The molecule has 0 bridgehead atoms. The third-order valence-corrected chi connectivity index (χ3v) is 8.56. The predicted molar refractivity (Wildman–Crippen MR) is 136 cm³/mol. The Morgan fingerprint density at radius 3 is 2.03 bits per heavy atom. The van der Waals surface area contributed by atoms with Gasteiger partial charge in [0.2, 0.25) is 5.82 Å². The molecule has 0 unspecified atom stereocenters. The molecule has 0 atom stereocenters. The fraction of sp³-hybridized carbons (Fsp3) is 0.800. The molecule has 0 saturated heterocycles. The zero-order chi connectivity index (χ0) is 24.2. The molecule has 1 aromatic carbocycles. The molecule has 0 radical (unpaired) electrons. The minimum atomic E-state index is -0.805. The van der Waals surface area contributed by atoms with Gasteiger partial charge in [-0.3, -0.25) is 0 Å². The summed E-state index contributed by atoms with van der Waals surface area (Å²) in [7, 11) is 1.70. The highest BCUT2D eigenvalue weighted by Gasteiger charge is 2.32. The van der Waals surface area contributed by atoms with Gasteiger partial charge in [-0.2, -0.15) is 4.39 Å². The lowest BCUT2D eigenvalue weighted by atomic mass is 9.68. The Hall–Kier alpha value is -1.16. The summed E-state index contributed by atoms with van der Waals surface area (Å²) in [6.07, 6.45) is 19.3. The number of hydrogen-bond donors (Lipinski definition) is 0. The highest BCUT2D eigenvalue weighted by atomic mass is 19.2. The van der Waals surface area contributed by atoms with E-state index in [-0.39, 0.29) is 11.7 Å². The molecule has 0 amide bonds. The van der Waals surface area contributed by atoms with Crippen molar-refractivity contribution in [2.75, 3.05) is 20.3 Å². The summed E-state index contributed by atoms with van der Waals surface area (Å²) in [4.78, 5) is 0. The quantitative estimate of drug-likeness (QED) is 0.248. The normalized spacial score (nSPS) is 25.4. The number of unbranched alkanes of at least 4 members (excludes halogenated alkanes) is 5. The number of ether oxygens (including phenoxy) is 2. The molecule has 2 saturated carbocycles. The molecule has 2 aliphatic carbocycles. The van der Waals surface area contributed by atoms with Crippen molar-refractivity contribution < 1.29 is 18.3 Å². The van der Waals surface area contributed by atoms with Gasteiger partial charge in [0.25, 0.3) is 0 Å². The van der Waals surface area contributed by atoms with Gasteiger partial charge >= 0.3 is 0 Å². The number of methoxy groups -OCH3 is 1. The van der Waals surface area contributed by atoms with Gasteiger partial charge in [-0.15, -0.1) is 0 Å². The van der Waals surface area contributed by atoms with Crippen LogP contribution in [0, 0.1) is 29.4 Å². The van der Waals surface area contributed by atoms with Crippen molar-refractivity contribution in [3.8, 4) is 5.75 Å². The fourth-order valence-electron chi connectivity index (χ4n) is 6.39. The van der Waals surface area contributed by atoms with Gasteiger partial charge in [-0.05, 0) is 93.1 Å². The molecule has 0 heterocycles. The van der Waals surface area contributed by atoms with Crippen LogP contribution in [0.2, 0.25) is 0 Å². The maximum absolute atomic E-state index is 14.9. The lowest BCUT2D eigenvalue weighted by Gasteiger charge is -2.38. The molecule has 2 nitrogen and oxygen atoms in total. The first-order chi connectivity index (χ1) is 16.6. The summed E-state index contributed by atoms with van der Waals surface area (Å²) >= 11 is 0. The van der Waals surface area contributed by atoms with Crippen LogP contribution in [0.4, 0.5) is 8.78 Å². The summed E-state index contributed by atoms with van der Waals surface area (Å²) in [6.45, 7) is 3.47. The Morgan fingerprint density at radius 1 is 0.735 bits per heavy atom. The number of rotatable bonds is 14. The molecular weight excluding hydrogens is 430 g/mol. The van der Waals surface area contributed by atoms with Crippen LogP contribution in [0.3, 0.4) is 0 Å². The number of hydrogen-bond acceptors (Lipinski definition) is 2. The van der Waals surface area contributed by atoms with E-state index in [0.717, 1.165) is 75.7 Å². The molecule has 0 N–H and O–H groups in total. The third-order valence-electron chi connectivity index (χ3n) is 8.56. The molecule has 194 valence electrons. The molecule has 2 aliphatic rings. The zero-order valence-corrected chi connectivity index (χ0v) is 21.8. The Bertz CT molecular complexity index is 691. The van der Waals surface area contributed by atoms with Gasteiger partial charge in [0, 0.05) is 13.7 Å². The van der Waals surface area contributed by atoms with Gasteiger partial charge in [-0.1, -0.05) is 57.9 Å². The topological polar surface area (TPSA) is 18.5 Å². The van der Waals surface area contributed by atoms with Crippen molar-refractivity contribution in [3.63, 3.8) is 0 Å². The van der Waals surface area contributed by atoms with E-state index >= 15 is 0 Å². The third kappa shape index (κ3) is 8.21. The summed E-state index contributed by atoms with van der Waals surface area (Å²) in [5.41, 5.74) is 0.558. The van der Waals surface area contributed by atoms with E-state index in [2.05, 4.69) is 6.92 Å². The molecule has 4 heteroatoms. The van der Waals surface area contributed by atoms with Crippen LogP contribution in [-0.2, 0) is 4.74 Å². The van der Waals surface area contributed by atoms with Crippen molar-refractivity contribution >= 4 is 0 Å². The first-order valence-electron chi connectivity index (χ1n) is 14.2.